The summed E-state index contributed by atoms with van der Waals surface area (Å²) in [6.07, 6.45) is 0. The summed E-state index contributed by atoms with van der Waals surface area (Å²) in [5, 5.41) is 0. The van der Waals surface area contributed by atoms with Crippen molar-refractivity contribution < 1.29 is 4.48 Å². The van der Waals surface area contributed by atoms with Crippen molar-refractivity contribution in [1.29, 1.82) is 0 Å². The molecule has 60 valence electrons. The van der Waals surface area contributed by atoms with Gasteiger partial charge in [0.05, 0.1) is 5.54 Å². The summed E-state index contributed by atoms with van der Waals surface area (Å²) in [6.45, 7) is 5.76. The Morgan fingerprint density at radius 2 is 2.30 bits per heavy atom. The number of hydrogen-bond acceptors (Lipinski definition) is 2. The Balaban J connectivity index is 2.61. The number of likely N-dealkylation sites (N-methyl/N-ethyl adjacent to an activating group) is 1. The van der Waals surface area contributed by atoms with Crippen LogP contribution in [0.25, 0.3) is 0 Å². The van der Waals surface area contributed by atoms with Crippen LogP contribution in [0.3, 0.4) is 0 Å². The standard InChI is InChI=1S/C7H15FN2/c1-6-4-10(3)5-7(6,2)9-8/h6,9H,4-5H2,1-3H3/t6-,7-/m1/s1. The molecule has 1 rings (SSSR count). The zero-order valence-corrected chi connectivity index (χ0v) is 6.82. The Morgan fingerprint density at radius 1 is 1.70 bits per heavy atom. The summed E-state index contributed by atoms with van der Waals surface area (Å²) < 4.78 is 12.2. The summed E-state index contributed by atoms with van der Waals surface area (Å²) in [7, 11) is 2.01. The van der Waals surface area contributed by atoms with Gasteiger partial charge in [0.15, 0.2) is 0 Å². The van der Waals surface area contributed by atoms with Gasteiger partial charge in [0.1, 0.15) is 0 Å². The molecule has 0 bridgehead atoms. The van der Waals surface area contributed by atoms with Crippen LogP contribution in [0.1, 0.15) is 13.8 Å². The third kappa shape index (κ3) is 1.16. The van der Waals surface area contributed by atoms with E-state index in [9.17, 15) is 4.48 Å². The lowest BCUT2D eigenvalue weighted by atomic mass is 9.92. The van der Waals surface area contributed by atoms with E-state index in [0.29, 0.717) is 5.92 Å². The van der Waals surface area contributed by atoms with E-state index in [1.807, 2.05) is 19.5 Å². The number of nitrogens with zero attached hydrogens (tertiary/aromatic N) is 1. The first-order valence-electron chi connectivity index (χ1n) is 3.65. The van der Waals surface area contributed by atoms with Crippen molar-refractivity contribution in [3.63, 3.8) is 0 Å². The molecule has 10 heavy (non-hydrogen) atoms. The van der Waals surface area contributed by atoms with E-state index in [1.165, 1.54) is 0 Å². The van der Waals surface area contributed by atoms with Crippen LogP contribution in [0.5, 0.6) is 0 Å². The highest BCUT2D eigenvalue weighted by molar-refractivity contribution is 4.95. The zero-order chi connectivity index (χ0) is 7.78. The Bertz CT molecular complexity index is 129. The van der Waals surface area contributed by atoms with E-state index >= 15 is 0 Å². The maximum absolute atomic E-state index is 12.2. The predicted molar refractivity (Wildman–Crippen MR) is 39.3 cm³/mol. The quantitative estimate of drug-likeness (QED) is 0.550. The largest absolute Gasteiger partial charge is 0.304 e. The van der Waals surface area contributed by atoms with E-state index < -0.39 is 0 Å². The highest BCUT2D eigenvalue weighted by Gasteiger charge is 2.38. The lowest BCUT2D eigenvalue weighted by Gasteiger charge is -2.24. The SMILES string of the molecule is C[C@@H]1CN(C)C[C@@]1(C)NF. The molecule has 2 nitrogen and oxygen atoms in total. The van der Waals surface area contributed by atoms with E-state index in [2.05, 4.69) is 11.8 Å². The van der Waals surface area contributed by atoms with Gasteiger partial charge in [-0.05, 0) is 19.9 Å². The minimum atomic E-state index is -0.325. The van der Waals surface area contributed by atoms with Crippen molar-refractivity contribution in [3.05, 3.63) is 0 Å². The molecule has 1 aliphatic rings. The van der Waals surface area contributed by atoms with Gasteiger partial charge in [-0.15, -0.1) is 4.48 Å². The van der Waals surface area contributed by atoms with Gasteiger partial charge in [-0.1, -0.05) is 6.92 Å². The molecule has 1 saturated heterocycles. The van der Waals surface area contributed by atoms with Crippen molar-refractivity contribution in [1.82, 2.24) is 10.4 Å². The number of likely N-dealkylation sites (tertiary alicyclic amines) is 1. The average molecular weight is 146 g/mol. The van der Waals surface area contributed by atoms with Crippen molar-refractivity contribution in [2.24, 2.45) is 5.92 Å². The molecule has 0 unspecified atom stereocenters. The Hall–Kier alpha value is -0.150. The maximum atomic E-state index is 12.2. The molecule has 1 N–H and O–H groups in total. The van der Waals surface area contributed by atoms with Gasteiger partial charge in [-0.2, -0.15) is 5.54 Å². The second-order valence-electron chi connectivity index (χ2n) is 3.61. The molecule has 0 aromatic carbocycles. The lowest BCUT2D eigenvalue weighted by molar-refractivity contribution is 0.160. The molecule has 0 aliphatic carbocycles. The normalized spacial score (nSPS) is 42.6. The van der Waals surface area contributed by atoms with E-state index in [1.54, 1.807) is 0 Å². The molecular formula is C7H15FN2. The molecule has 3 heteroatoms. The molecule has 1 heterocycles. The molecule has 1 fully saturated rings. The molecular weight excluding hydrogens is 131 g/mol. The molecule has 0 radical (unpaired) electrons. The van der Waals surface area contributed by atoms with Gasteiger partial charge in [-0.25, -0.2) is 0 Å². The molecule has 2 atom stereocenters. The van der Waals surface area contributed by atoms with Crippen molar-refractivity contribution in [2.45, 2.75) is 19.4 Å². The summed E-state index contributed by atoms with van der Waals surface area (Å²) in [6, 6.07) is 0. The van der Waals surface area contributed by atoms with Crippen LogP contribution in [-0.4, -0.2) is 30.6 Å². The van der Waals surface area contributed by atoms with Gasteiger partial charge in [0, 0.05) is 13.1 Å². The van der Waals surface area contributed by atoms with E-state index in [0.717, 1.165) is 13.1 Å². The second-order valence-corrected chi connectivity index (χ2v) is 3.61. The number of nitrogens with one attached hydrogen (secondary N) is 1. The fourth-order valence-electron chi connectivity index (χ4n) is 1.57. The molecule has 1 aliphatic heterocycles. The van der Waals surface area contributed by atoms with Crippen LogP contribution < -0.4 is 5.54 Å². The van der Waals surface area contributed by atoms with Crippen molar-refractivity contribution in [3.8, 4) is 0 Å². The smallest absolute Gasteiger partial charge is 0.0617 e. The fourth-order valence-corrected chi connectivity index (χ4v) is 1.57. The maximum Gasteiger partial charge on any atom is 0.0617 e. The molecule has 0 aromatic rings. The minimum absolute atomic E-state index is 0.325. The summed E-state index contributed by atoms with van der Waals surface area (Å²) >= 11 is 0. The van der Waals surface area contributed by atoms with Gasteiger partial charge in [-0.3, -0.25) is 0 Å². The third-order valence-electron chi connectivity index (χ3n) is 2.49. The van der Waals surface area contributed by atoms with Crippen LogP contribution in [0.15, 0.2) is 0 Å². The van der Waals surface area contributed by atoms with Crippen LogP contribution in [0, 0.1) is 5.92 Å². The Kier molecular flexibility index (Phi) is 1.97. The van der Waals surface area contributed by atoms with Gasteiger partial charge < -0.3 is 4.90 Å². The number of hydrogen-bond donors (Lipinski definition) is 1. The first-order chi connectivity index (χ1) is 4.58. The lowest BCUT2D eigenvalue weighted by Crippen LogP contribution is -2.43. The van der Waals surface area contributed by atoms with Crippen LogP contribution in [-0.2, 0) is 0 Å². The molecule has 0 amide bonds. The molecule has 0 aromatic heterocycles. The zero-order valence-electron chi connectivity index (χ0n) is 6.82. The van der Waals surface area contributed by atoms with Gasteiger partial charge in [0.25, 0.3) is 0 Å². The highest BCUT2D eigenvalue weighted by atomic mass is 19.2. The number of halogens is 1. The van der Waals surface area contributed by atoms with Crippen LogP contribution in [0.4, 0.5) is 4.48 Å². The first-order valence-corrected chi connectivity index (χ1v) is 3.65. The van der Waals surface area contributed by atoms with E-state index in [-0.39, 0.29) is 5.54 Å². The van der Waals surface area contributed by atoms with Gasteiger partial charge >= 0.3 is 0 Å². The topological polar surface area (TPSA) is 15.3 Å². The van der Waals surface area contributed by atoms with Crippen LogP contribution in [0.2, 0.25) is 0 Å². The Labute approximate surface area is 61.3 Å². The first kappa shape index (κ1) is 7.95. The Morgan fingerprint density at radius 3 is 2.50 bits per heavy atom. The molecule has 0 spiro atoms. The highest BCUT2D eigenvalue weighted by Crippen LogP contribution is 2.25. The third-order valence-corrected chi connectivity index (χ3v) is 2.49. The van der Waals surface area contributed by atoms with E-state index in [4.69, 9.17) is 0 Å². The summed E-state index contributed by atoms with van der Waals surface area (Å²) in [5.74, 6) is 0.391. The fraction of sp³-hybridized carbons (Fsp3) is 1.00. The van der Waals surface area contributed by atoms with Crippen molar-refractivity contribution in [2.75, 3.05) is 20.1 Å². The minimum Gasteiger partial charge on any atom is -0.304 e. The summed E-state index contributed by atoms with van der Waals surface area (Å²) in [4.78, 5) is 2.14. The molecule has 0 saturated carbocycles. The predicted octanol–water partition coefficient (Wildman–Crippen LogP) is 0.801. The van der Waals surface area contributed by atoms with Crippen LogP contribution >= 0.6 is 0 Å². The van der Waals surface area contributed by atoms with Crippen molar-refractivity contribution >= 4 is 0 Å². The number of rotatable bonds is 1. The second kappa shape index (κ2) is 2.47. The monoisotopic (exact) mass is 146 g/mol. The van der Waals surface area contributed by atoms with Gasteiger partial charge in [0.2, 0.25) is 0 Å². The average Bonchev–Trinajstić information content (AvgIpc) is 2.09. The summed E-state index contributed by atoms with van der Waals surface area (Å²) in [5.41, 5.74) is 1.55.